The summed E-state index contributed by atoms with van der Waals surface area (Å²) in [7, 11) is 0. The van der Waals surface area contributed by atoms with E-state index in [0.717, 1.165) is 22.5 Å². The average Bonchev–Trinajstić information content (AvgIpc) is 2.85. The fourth-order valence-electron chi connectivity index (χ4n) is 3.06. The molecule has 3 rings (SSSR count). The van der Waals surface area contributed by atoms with E-state index in [0.29, 0.717) is 28.6 Å². The highest BCUT2D eigenvalue weighted by molar-refractivity contribution is 6.33. The van der Waals surface area contributed by atoms with E-state index in [-0.39, 0.29) is 5.91 Å². The van der Waals surface area contributed by atoms with Gasteiger partial charge in [-0.05, 0) is 44.9 Å². The number of aromatic nitrogens is 3. The van der Waals surface area contributed by atoms with Gasteiger partial charge in [0, 0.05) is 5.69 Å². The van der Waals surface area contributed by atoms with E-state index < -0.39 is 0 Å². The molecule has 0 aliphatic rings. The van der Waals surface area contributed by atoms with Crippen LogP contribution in [0, 0.1) is 27.7 Å². The molecule has 3 aromatic rings. The van der Waals surface area contributed by atoms with E-state index in [1.54, 1.807) is 11.6 Å². The Bertz CT molecular complexity index is 940. The van der Waals surface area contributed by atoms with Gasteiger partial charge in [0.05, 0.1) is 29.2 Å². The summed E-state index contributed by atoms with van der Waals surface area (Å²) >= 11 is 6.47. The molecule has 0 unspecified atom stereocenters. The minimum Gasteiger partial charge on any atom is -0.320 e. The lowest BCUT2D eigenvalue weighted by Crippen LogP contribution is -2.15. The van der Waals surface area contributed by atoms with E-state index in [1.807, 2.05) is 57.2 Å². The van der Waals surface area contributed by atoms with Gasteiger partial charge in [-0.1, -0.05) is 41.9 Å². The number of amides is 1. The van der Waals surface area contributed by atoms with Gasteiger partial charge in [-0.15, -0.1) is 0 Å². The van der Waals surface area contributed by atoms with Crippen LogP contribution >= 0.6 is 11.6 Å². The first-order valence-electron chi connectivity index (χ1n) is 8.40. The van der Waals surface area contributed by atoms with E-state index in [1.165, 1.54) is 0 Å². The van der Waals surface area contributed by atoms with Gasteiger partial charge in [-0.2, -0.15) is 5.10 Å². The maximum Gasteiger partial charge on any atom is 0.260 e. The van der Waals surface area contributed by atoms with Crippen LogP contribution in [0.15, 0.2) is 36.4 Å². The maximum absolute atomic E-state index is 12.8. The Morgan fingerprint density at radius 1 is 1.12 bits per heavy atom. The van der Waals surface area contributed by atoms with Crippen LogP contribution in [0.5, 0.6) is 0 Å². The zero-order valence-electron chi connectivity index (χ0n) is 15.3. The molecule has 2 aromatic heterocycles. The maximum atomic E-state index is 12.8. The van der Waals surface area contributed by atoms with E-state index in [9.17, 15) is 4.79 Å². The monoisotopic (exact) mass is 368 g/mol. The van der Waals surface area contributed by atoms with Crippen molar-refractivity contribution in [1.29, 1.82) is 0 Å². The first-order chi connectivity index (χ1) is 12.4. The number of anilines is 1. The molecule has 1 aromatic carbocycles. The number of halogens is 1. The minimum absolute atomic E-state index is 0.274. The van der Waals surface area contributed by atoms with E-state index in [2.05, 4.69) is 15.4 Å². The van der Waals surface area contributed by atoms with Crippen molar-refractivity contribution in [2.45, 2.75) is 34.2 Å². The number of pyridine rings is 1. The SMILES string of the molecule is Cc1cc(C)c(NC(=O)c2c(C)nn(Cc3ccccc3)c2Cl)c(C)n1. The highest BCUT2D eigenvalue weighted by Crippen LogP contribution is 2.25. The summed E-state index contributed by atoms with van der Waals surface area (Å²) in [6, 6.07) is 11.8. The normalized spacial score (nSPS) is 10.8. The van der Waals surface area contributed by atoms with Crippen molar-refractivity contribution in [2.75, 3.05) is 5.32 Å². The first kappa shape index (κ1) is 18.1. The fourth-order valence-corrected chi connectivity index (χ4v) is 3.38. The standard InChI is InChI=1S/C20H21ClN4O/c1-12-10-13(2)22-15(4)18(12)23-20(26)17-14(3)24-25(19(17)21)11-16-8-6-5-7-9-16/h5-10H,11H2,1-4H3,(H,23,26). The summed E-state index contributed by atoms with van der Waals surface area (Å²) < 4.78 is 1.65. The second-order valence-electron chi connectivity index (χ2n) is 6.39. The number of nitrogens with zero attached hydrogens (tertiary/aromatic N) is 3. The largest absolute Gasteiger partial charge is 0.320 e. The molecule has 0 spiro atoms. The number of carbonyl (C=O) groups is 1. The number of carbonyl (C=O) groups excluding carboxylic acids is 1. The number of aryl methyl sites for hydroxylation is 4. The smallest absolute Gasteiger partial charge is 0.260 e. The van der Waals surface area contributed by atoms with Crippen LogP contribution in [-0.2, 0) is 6.54 Å². The van der Waals surface area contributed by atoms with Crippen molar-refractivity contribution in [3.63, 3.8) is 0 Å². The Morgan fingerprint density at radius 3 is 2.46 bits per heavy atom. The molecule has 0 bridgehead atoms. The Hall–Kier alpha value is -2.66. The number of benzene rings is 1. The molecular formula is C20H21ClN4O. The predicted octanol–water partition coefficient (Wildman–Crippen LogP) is 4.47. The average molecular weight is 369 g/mol. The van der Waals surface area contributed by atoms with Crippen LogP contribution < -0.4 is 5.32 Å². The lowest BCUT2D eigenvalue weighted by Gasteiger charge is -2.12. The van der Waals surface area contributed by atoms with Gasteiger partial charge in [0.15, 0.2) is 0 Å². The molecule has 2 heterocycles. The molecule has 1 N–H and O–H groups in total. The predicted molar refractivity (Wildman–Crippen MR) is 104 cm³/mol. The number of hydrogen-bond acceptors (Lipinski definition) is 3. The van der Waals surface area contributed by atoms with Gasteiger partial charge < -0.3 is 5.32 Å². The molecule has 26 heavy (non-hydrogen) atoms. The van der Waals surface area contributed by atoms with Gasteiger partial charge in [0.2, 0.25) is 0 Å². The second kappa shape index (κ2) is 7.30. The Morgan fingerprint density at radius 2 is 1.81 bits per heavy atom. The van der Waals surface area contributed by atoms with Gasteiger partial charge >= 0.3 is 0 Å². The lowest BCUT2D eigenvalue weighted by atomic mass is 10.1. The highest BCUT2D eigenvalue weighted by atomic mass is 35.5. The third kappa shape index (κ3) is 3.63. The van der Waals surface area contributed by atoms with Crippen molar-refractivity contribution in [2.24, 2.45) is 0 Å². The number of nitrogens with one attached hydrogen (secondary N) is 1. The van der Waals surface area contributed by atoms with Crippen molar-refractivity contribution in [3.05, 3.63) is 75.3 Å². The number of hydrogen-bond donors (Lipinski definition) is 1. The summed E-state index contributed by atoms with van der Waals surface area (Å²) in [6.45, 7) is 8.06. The third-order valence-corrected chi connectivity index (χ3v) is 4.62. The lowest BCUT2D eigenvalue weighted by molar-refractivity contribution is 0.102. The molecule has 0 saturated carbocycles. The summed E-state index contributed by atoms with van der Waals surface area (Å²) in [5.74, 6) is -0.274. The summed E-state index contributed by atoms with van der Waals surface area (Å²) in [5, 5.41) is 7.71. The summed E-state index contributed by atoms with van der Waals surface area (Å²) in [4.78, 5) is 17.3. The molecule has 0 aliphatic carbocycles. The Kier molecular flexibility index (Phi) is 5.09. The van der Waals surface area contributed by atoms with Crippen molar-refractivity contribution in [3.8, 4) is 0 Å². The van der Waals surface area contributed by atoms with Crippen LogP contribution in [0.1, 0.15) is 38.6 Å². The molecule has 5 nitrogen and oxygen atoms in total. The molecular weight excluding hydrogens is 348 g/mol. The number of rotatable bonds is 4. The van der Waals surface area contributed by atoms with Gasteiger partial charge in [-0.3, -0.25) is 9.78 Å². The quantitative estimate of drug-likeness (QED) is 0.739. The summed E-state index contributed by atoms with van der Waals surface area (Å²) in [6.07, 6.45) is 0. The second-order valence-corrected chi connectivity index (χ2v) is 6.75. The van der Waals surface area contributed by atoms with E-state index >= 15 is 0 Å². The first-order valence-corrected chi connectivity index (χ1v) is 8.77. The van der Waals surface area contributed by atoms with E-state index in [4.69, 9.17) is 11.6 Å². The molecule has 0 aliphatic heterocycles. The van der Waals surface area contributed by atoms with Crippen LogP contribution in [0.25, 0.3) is 0 Å². The topological polar surface area (TPSA) is 59.8 Å². The van der Waals surface area contributed by atoms with Crippen molar-refractivity contribution in [1.82, 2.24) is 14.8 Å². The zero-order valence-corrected chi connectivity index (χ0v) is 16.1. The van der Waals surface area contributed by atoms with Gasteiger partial charge in [-0.25, -0.2) is 4.68 Å². The van der Waals surface area contributed by atoms with Gasteiger partial charge in [0.1, 0.15) is 5.15 Å². The molecule has 134 valence electrons. The zero-order chi connectivity index (χ0) is 18.8. The van der Waals surface area contributed by atoms with Crippen LogP contribution in [0.2, 0.25) is 5.15 Å². The molecule has 0 saturated heterocycles. The van der Waals surface area contributed by atoms with Crippen LogP contribution in [0.3, 0.4) is 0 Å². The molecule has 1 amide bonds. The van der Waals surface area contributed by atoms with Crippen LogP contribution in [-0.4, -0.2) is 20.7 Å². The fraction of sp³-hybridized carbons (Fsp3) is 0.250. The molecule has 6 heteroatoms. The van der Waals surface area contributed by atoms with Crippen molar-refractivity contribution >= 4 is 23.2 Å². The third-order valence-electron chi connectivity index (χ3n) is 4.23. The Labute approximate surface area is 158 Å². The molecule has 0 radical (unpaired) electrons. The molecule has 0 atom stereocenters. The highest BCUT2D eigenvalue weighted by Gasteiger charge is 2.21. The van der Waals surface area contributed by atoms with Crippen LogP contribution in [0.4, 0.5) is 5.69 Å². The Balaban J connectivity index is 1.89. The molecule has 0 fully saturated rings. The minimum atomic E-state index is -0.274. The van der Waals surface area contributed by atoms with Gasteiger partial charge in [0.25, 0.3) is 5.91 Å². The van der Waals surface area contributed by atoms with Crippen molar-refractivity contribution < 1.29 is 4.79 Å². The summed E-state index contributed by atoms with van der Waals surface area (Å²) in [5.41, 5.74) is 5.43.